The minimum absolute atomic E-state index is 0.0651. The number of anilines is 1. The number of nitrogens with one attached hydrogen (secondary N) is 2. The van der Waals surface area contributed by atoms with Gasteiger partial charge in [0.25, 0.3) is 11.8 Å². The van der Waals surface area contributed by atoms with Gasteiger partial charge >= 0.3 is 12.1 Å². The van der Waals surface area contributed by atoms with Crippen molar-refractivity contribution in [2.24, 2.45) is 11.1 Å². The summed E-state index contributed by atoms with van der Waals surface area (Å²) in [4.78, 5) is 74.7. The fourth-order valence-corrected chi connectivity index (χ4v) is 12.1. The molecule has 1 unspecified atom stereocenters. The van der Waals surface area contributed by atoms with Crippen molar-refractivity contribution >= 4 is 64.0 Å². The van der Waals surface area contributed by atoms with E-state index < -0.39 is 52.8 Å². The first kappa shape index (κ1) is 56.2. The van der Waals surface area contributed by atoms with Crippen LogP contribution in [-0.4, -0.2) is 74.6 Å². The highest BCUT2D eigenvalue weighted by atomic mass is 32.2. The molecule has 2 aliphatic heterocycles. The molecule has 1 fully saturated rings. The number of ether oxygens (including phenoxy) is 3. The third kappa shape index (κ3) is 12.3. The molecule has 414 valence electrons. The number of pyridine rings is 1. The number of hydrogen-bond donors (Lipinski definition) is 2. The van der Waals surface area contributed by atoms with E-state index in [4.69, 9.17) is 29.2 Å². The molecule has 0 spiro atoms. The highest BCUT2D eigenvalue weighted by Crippen LogP contribution is 2.44. The Balaban J connectivity index is 1.02. The summed E-state index contributed by atoms with van der Waals surface area (Å²) in [5.41, 5.74) is 3.77. The summed E-state index contributed by atoms with van der Waals surface area (Å²) in [6.45, 7) is 5.68. The second kappa shape index (κ2) is 26.0. The van der Waals surface area contributed by atoms with E-state index in [1.807, 2.05) is 152 Å². The molecular weight excluding hydrogens is 1070 g/mol. The van der Waals surface area contributed by atoms with Crippen molar-refractivity contribution in [3.63, 3.8) is 0 Å². The number of esters is 1. The largest absolute Gasteiger partial charge is 0.511 e. The van der Waals surface area contributed by atoms with Gasteiger partial charge in [-0.1, -0.05) is 219 Å². The van der Waals surface area contributed by atoms with E-state index in [0.29, 0.717) is 23.0 Å². The van der Waals surface area contributed by atoms with Crippen LogP contribution in [0.25, 0.3) is 6.08 Å². The number of amides is 2. The Hall–Kier alpha value is -9.12. The predicted molar refractivity (Wildman–Crippen MR) is 319 cm³/mol. The van der Waals surface area contributed by atoms with Crippen LogP contribution in [0.15, 0.2) is 234 Å². The molecule has 8 aromatic rings. The minimum atomic E-state index is -1.40. The van der Waals surface area contributed by atoms with Gasteiger partial charge in [-0.25, -0.2) is 14.6 Å². The number of allylic oxidation sites excluding steroid dienone is 1. The summed E-state index contributed by atoms with van der Waals surface area (Å²) in [6, 6.07) is 61.7. The number of hydrogen-bond acceptors (Lipinski definition) is 14. The number of thioether (sulfide) groups is 1. The Labute approximate surface area is 484 Å². The highest BCUT2D eigenvalue weighted by Gasteiger charge is 2.55. The molecule has 10 rings (SSSR count). The number of carbonyl (C=O) groups is 4. The monoisotopic (exact) mass is 1130 g/mol. The number of carbonyl (C=O) groups excluding carboxylic acids is 4. The molecule has 16 heteroatoms. The fraction of sp³-hybridized carbons (Fsp3) is 0.197. The molecule has 14 nitrogen and oxygen atoms in total. The van der Waals surface area contributed by atoms with E-state index in [9.17, 15) is 14.4 Å². The molecule has 4 heterocycles. The standard InChI is InChI=1S/C66H60N6O8S2/c1-45(2)24-23-41-77-64(76)79-46(3)78-62(75)58-48(39-38-47-25-22-40-67-42-47)43-81-61-57(60(74)72(58)61)69-59(73)56(71-80-66(52-32-16-7-17-33-52,53-34-18-8-19-35-53)54-36-20-9-21-37-54)55-44-82-63(68-55)70-65(49-26-10-4-11-27-49,50-28-12-5-13-29-50)51-30-14-6-15-31-51/h4-22,25-40,42,44-46,57,61H,23-24,41,43H2,1-3H3,(H,68,70)(H,69,73)/b39-38-,71-56?/t46?,57-,61-/m1/s1. The summed E-state index contributed by atoms with van der Waals surface area (Å²) < 4.78 is 16.2. The lowest BCUT2D eigenvalue weighted by Crippen LogP contribution is -2.71. The third-order valence-electron chi connectivity index (χ3n) is 14.0. The van der Waals surface area contributed by atoms with Crippen molar-refractivity contribution < 1.29 is 38.2 Å². The Morgan fingerprint density at radius 1 is 0.707 bits per heavy atom. The average molecular weight is 1130 g/mol. The van der Waals surface area contributed by atoms with Gasteiger partial charge < -0.3 is 29.7 Å². The Bertz CT molecular complexity index is 3360. The number of oxime groups is 1. The third-order valence-corrected chi connectivity index (χ3v) is 16.1. The van der Waals surface area contributed by atoms with Crippen LogP contribution < -0.4 is 10.6 Å². The van der Waals surface area contributed by atoms with Gasteiger partial charge in [0.1, 0.15) is 28.3 Å². The highest BCUT2D eigenvalue weighted by molar-refractivity contribution is 8.00. The number of benzene rings is 6. The molecule has 0 aliphatic carbocycles. The topological polar surface area (TPSA) is 171 Å². The second-order valence-corrected chi connectivity index (χ2v) is 21.9. The van der Waals surface area contributed by atoms with E-state index in [-0.39, 0.29) is 29.5 Å². The van der Waals surface area contributed by atoms with Crippen molar-refractivity contribution in [2.75, 3.05) is 17.7 Å². The molecule has 0 bridgehead atoms. The molecule has 1 saturated heterocycles. The maximum atomic E-state index is 15.4. The number of rotatable bonds is 22. The Morgan fingerprint density at radius 3 is 1.76 bits per heavy atom. The number of nitrogens with zero attached hydrogens (tertiary/aromatic N) is 4. The van der Waals surface area contributed by atoms with Gasteiger partial charge in [0.05, 0.1) is 6.61 Å². The first-order valence-corrected chi connectivity index (χ1v) is 28.9. The summed E-state index contributed by atoms with van der Waals surface area (Å²) in [6.07, 6.45) is 5.95. The van der Waals surface area contributed by atoms with Crippen molar-refractivity contribution in [1.82, 2.24) is 20.2 Å². The Morgan fingerprint density at radius 2 is 1.24 bits per heavy atom. The van der Waals surface area contributed by atoms with E-state index in [2.05, 4.69) is 65.9 Å². The molecule has 82 heavy (non-hydrogen) atoms. The van der Waals surface area contributed by atoms with Crippen molar-refractivity contribution in [2.45, 2.75) is 62.5 Å². The summed E-state index contributed by atoms with van der Waals surface area (Å²) in [7, 11) is 0. The second-order valence-electron chi connectivity index (χ2n) is 19.9. The number of aromatic nitrogens is 2. The first-order valence-electron chi connectivity index (χ1n) is 27.0. The van der Waals surface area contributed by atoms with Crippen LogP contribution in [0.1, 0.15) is 78.3 Å². The van der Waals surface area contributed by atoms with Gasteiger partial charge in [-0.2, -0.15) is 0 Å². The number of fused-ring (bicyclic) bond motifs is 1. The van der Waals surface area contributed by atoms with Crippen molar-refractivity contribution in [1.29, 1.82) is 0 Å². The zero-order valence-corrected chi connectivity index (χ0v) is 47.0. The van der Waals surface area contributed by atoms with E-state index in [1.54, 1.807) is 36.0 Å². The molecular formula is C66H60N6O8S2. The van der Waals surface area contributed by atoms with E-state index in [0.717, 1.165) is 45.4 Å². The normalized spacial score (nSPS) is 15.7. The van der Waals surface area contributed by atoms with Crippen LogP contribution in [0.5, 0.6) is 0 Å². The molecule has 0 radical (unpaired) electrons. The van der Waals surface area contributed by atoms with Gasteiger partial charge in [0, 0.05) is 47.1 Å². The van der Waals surface area contributed by atoms with Gasteiger partial charge in [0.2, 0.25) is 11.9 Å². The summed E-state index contributed by atoms with van der Waals surface area (Å²) in [5, 5.41) is 13.1. The predicted octanol–water partition coefficient (Wildman–Crippen LogP) is 12.5. The van der Waals surface area contributed by atoms with Gasteiger partial charge in [-0.05, 0) is 52.7 Å². The average Bonchev–Trinajstić information content (AvgIpc) is 1.65. The van der Waals surface area contributed by atoms with Crippen LogP contribution in [0.2, 0.25) is 0 Å². The summed E-state index contributed by atoms with van der Waals surface area (Å²) >= 11 is 2.63. The lowest BCUT2D eigenvalue weighted by atomic mass is 9.77. The SMILES string of the molecule is CC(C)CCCOC(=O)OC(C)OC(=O)C1=C(/C=C\c2cccnc2)CS[C@@H]2[C@H](NC(=O)C(=NOC(c3ccccc3)(c3ccccc3)c3ccccc3)c3csc(NC(c4ccccc4)(c4ccccc4)c4ccccc4)n3)C(=O)N12. The van der Waals surface area contributed by atoms with Crippen molar-refractivity contribution in [3.05, 3.63) is 274 Å². The van der Waals surface area contributed by atoms with Crippen molar-refractivity contribution in [3.8, 4) is 0 Å². The molecule has 0 saturated carbocycles. The maximum Gasteiger partial charge on any atom is 0.511 e. The lowest BCUT2D eigenvalue weighted by molar-refractivity contribution is -0.169. The van der Waals surface area contributed by atoms with Crippen LogP contribution >= 0.6 is 23.1 Å². The molecule has 2 N–H and O–H groups in total. The van der Waals surface area contributed by atoms with E-state index >= 15 is 4.79 Å². The maximum absolute atomic E-state index is 15.4. The van der Waals surface area contributed by atoms with Gasteiger partial charge in [0.15, 0.2) is 10.8 Å². The molecule has 2 aliphatic rings. The molecule has 6 aromatic carbocycles. The van der Waals surface area contributed by atoms with Crippen LogP contribution in [0.3, 0.4) is 0 Å². The van der Waals surface area contributed by atoms with Crippen LogP contribution in [-0.2, 0) is 44.6 Å². The number of β-lactam (4-membered cyclic amide) rings is 1. The number of thiazole rings is 1. The molecule has 2 aromatic heterocycles. The zero-order chi connectivity index (χ0) is 56.9. The van der Waals surface area contributed by atoms with Crippen LogP contribution in [0, 0.1) is 5.92 Å². The van der Waals surface area contributed by atoms with E-state index in [1.165, 1.54) is 34.9 Å². The fourth-order valence-electron chi connectivity index (χ4n) is 10.1. The lowest BCUT2D eigenvalue weighted by Gasteiger charge is -2.49. The zero-order valence-electron chi connectivity index (χ0n) is 45.4. The van der Waals surface area contributed by atoms with Gasteiger partial charge in [-0.15, -0.1) is 23.1 Å². The molecule has 3 atom stereocenters. The Kier molecular flexibility index (Phi) is 17.8. The smallest absolute Gasteiger partial charge is 0.434 e. The minimum Gasteiger partial charge on any atom is -0.434 e. The molecule has 2 amide bonds. The summed E-state index contributed by atoms with van der Waals surface area (Å²) in [5.74, 6) is -1.60. The quantitative estimate of drug-likeness (QED) is 0.0125. The van der Waals surface area contributed by atoms with Gasteiger partial charge in [-0.3, -0.25) is 19.5 Å². The van der Waals surface area contributed by atoms with Crippen LogP contribution in [0.4, 0.5) is 9.93 Å². The first-order chi connectivity index (χ1) is 40.0.